The molecule has 12 heteroatoms. The number of ether oxygens (including phenoxy) is 8. The van der Waals surface area contributed by atoms with Gasteiger partial charge in [-0.05, 0) is 47.0 Å². The first-order valence-electron chi connectivity index (χ1n) is 15.7. The Morgan fingerprint density at radius 3 is 1.94 bits per heavy atom. The highest BCUT2D eigenvalue weighted by molar-refractivity contribution is 5.87. The number of hydrogen-bond donors (Lipinski definition) is 3. The molecule has 0 aliphatic carbocycles. The van der Waals surface area contributed by atoms with E-state index in [0.29, 0.717) is 30.5 Å². The summed E-state index contributed by atoms with van der Waals surface area (Å²) in [6.45, 7) is 0.628. The van der Waals surface area contributed by atoms with Gasteiger partial charge in [-0.25, -0.2) is 4.79 Å². The van der Waals surface area contributed by atoms with Crippen molar-refractivity contribution in [1.29, 1.82) is 0 Å². The Morgan fingerprint density at radius 1 is 0.750 bits per heavy atom. The van der Waals surface area contributed by atoms with Crippen LogP contribution >= 0.6 is 0 Å². The van der Waals surface area contributed by atoms with Crippen LogP contribution in [-0.2, 0) is 23.7 Å². The normalized spacial score (nSPS) is 29.8. The van der Waals surface area contributed by atoms with E-state index in [4.69, 9.17) is 37.9 Å². The van der Waals surface area contributed by atoms with Gasteiger partial charge in [0.05, 0.1) is 46.8 Å². The Morgan fingerprint density at radius 2 is 1.33 bits per heavy atom. The maximum absolute atomic E-state index is 12.3. The van der Waals surface area contributed by atoms with Crippen molar-refractivity contribution in [2.75, 3.05) is 41.2 Å². The van der Waals surface area contributed by atoms with Gasteiger partial charge in [-0.2, -0.15) is 0 Å². The van der Waals surface area contributed by atoms with Gasteiger partial charge in [0, 0.05) is 17.9 Å². The van der Waals surface area contributed by atoms with Crippen LogP contribution in [0.15, 0.2) is 72.8 Å². The molecule has 48 heavy (non-hydrogen) atoms. The van der Waals surface area contributed by atoms with Crippen molar-refractivity contribution in [3.8, 4) is 23.0 Å². The third kappa shape index (κ3) is 7.00. The van der Waals surface area contributed by atoms with Crippen LogP contribution in [-0.4, -0.2) is 93.1 Å². The molecular formula is C36H40O12. The van der Waals surface area contributed by atoms with E-state index in [9.17, 15) is 20.1 Å². The van der Waals surface area contributed by atoms with Crippen LogP contribution in [0.25, 0.3) is 6.08 Å². The highest BCUT2D eigenvalue weighted by Gasteiger charge is 2.49. The highest BCUT2D eigenvalue weighted by Crippen LogP contribution is 2.51. The SMILES string of the molecule is COc1ccc([C@@H]2OC[C@H]3[C@@H]2CO[C@@H]3c2ccc(O[C@H]3O[C@H](COC(=O)/C=C/c4ccccc4)[C@@H](O)[C@H](O)[C@H]3O)c(OC)c2)cc1OC. The summed E-state index contributed by atoms with van der Waals surface area (Å²) in [7, 11) is 4.68. The van der Waals surface area contributed by atoms with E-state index < -0.39 is 36.7 Å². The van der Waals surface area contributed by atoms with E-state index in [1.807, 2.05) is 54.6 Å². The average molecular weight is 665 g/mol. The summed E-state index contributed by atoms with van der Waals surface area (Å²) in [5.74, 6) is 1.41. The van der Waals surface area contributed by atoms with Crippen molar-refractivity contribution in [1.82, 2.24) is 0 Å². The molecule has 6 rings (SSSR count). The Labute approximate surface area is 278 Å². The third-order valence-corrected chi connectivity index (χ3v) is 9.03. The number of fused-ring (bicyclic) bond motifs is 1. The molecule has 9 atom stereocenters. The first-order chi connectivity index (χ1) is 23.3. The lowest BCUT2D eigenvalue weighted by Crippen LogP contribution is -2.60. The molecule has 256 valence electrons. The largest absolute Gasteiger partial charge is 0.493 e. The van der Waals surface area contributed by atoms with E-state index >= 15 is 0 Å². The second-order valence-corrected chi connectivity index (χ2v) is 11.9. The minimum Gasteiger partial charge on any atom is -0.493 e. The molecule has 3 aromatic carbocycles. The Kier molecular flexibility index (Phi) is 10.5. The number of methoxy groups -OCH3 is 3. The standard InChI is InChI=1S/C36H40O12/c1-41-25-12-10-21(15-27(25)42-2)34-23-17-46-35(24(23)18-45-34)22-11-13-26(28(16-22)43-3)47-36-33(40)32(39)31(38)29(48-36)19-44-30(37)14-9-20-7-5-4-6-8-20/h4-16,23-24,29,31-36,38-40H,17-19H2,1-3H3/b14-9+/t23-,24-,29+,31+,32-,33+,34-,35+,36-/m0/s1. The van der Waals surface area contributed by atoms with Crippen molar-refractivity contribution in [3.63, 3.8) is 0 Å². The molecule has 3 aliphatic rings. The molecule has 3 heterocycles. The molecule has 3 saturated heterocycles. The van der Waals surface area contributed by atoms with Gasteiger partial charge in [-0.3, -0.25) is 0 Å². The predicted molar refractivity (Wildman–Crippen MR) is 171 cm³/mol. The average Bonchev–Trinajstić information content (AvgIpc) is 3.73. The summed E-state index contributed by atoms with van der Waals surface area (Å²) < 4.78 is 46.0. The summed E-state index contributed by atoms with van der Waals surface area (Å²) in [6, 6.07) is 20.3. The Hall–Kier alpha value is -4.17. The van der Waals surface area contributed by atoms with E-state index in [0.717, 1.165) is 16.7 Å². The number of rotatable bonds is 11. The number of benzene rings is 3. The lowest BCUT2D eigenvalue weighted by molar-refractivity contribution is -0.278. The number of esters is 1. The molecule has 0 spiro atoms. The van der Waals surface area contributed by atoms with E-state index in [1.54, 1.807) is 32.4 Å². The van der Waals surface area contributed by atoms with Crippen molar-refractivity contribution >= 4 is 12.0 Å². The van der Waals surface area contributed by atoms with Gasteiger partial charge in [0.25, 0.3) is 0 Å². The fourth-order valence-electron chi connectivity index (χ4n) is 6.44. The minimum absolute atomic E-state index is 0.0886. The van der Waals surface area contributed by atoms with Gasteiger partial charge < -0.3 is 53.2 Å². The second-order valence-electron chi connectivity index (χ2n) is 11.9. The summed E-state index contributed by atoms with van der Waals surface area (Å²) in [5.41, 5.74) is 2.66. The minimum atomic E-state index is -1.62. The van der Waals surface area contributed by atoms with Crippen LogP contribution in [0.3, 0.4) is 0 Å². The molecule has 3 fully saturated rings. The molecule has 0 bridgehead atoms. The van der Waals surface area contributed by atoms with Crippen molar-refractivity contribution in [2.45, 2.75) is 42.9 Å². The van der Waals surface area contributed by atoms with Crippen molar-refractivity contribution in [3.05, 3.63) is 89.5 Å². The number of carbonyl (C=O) groups excluding carboxylic acids is 1. The molecule has 0 amide bonds. The lowest BCUT2D eigenvalue weighted by atomic mass is 9.85. The zero-order valence-electron chi connectivity index (χ0n) is 26.8. The van der Waals surface area contributed by atoms with E-state index in [1.165, 1.54) is 13.2 Å². The third-order valence-electron chi connectivity index (χ3n) is 9.03. The number of hydrogen-bond acceptors (Lipinski definition) is 12. The van der Waals surface area contributed by atoms with Gasteiger partial charge in [0.1, 0.15) is 31.0 Å². The number of carbonyl (C=O) groups is 1. The van der Waals surface area contributed by atoms with Crippen LogP contribution in [0, 0.1) is 11.8 Å². The zero-order valence-corrected chi connectivity index (χ0v) is 26.8. The molecule has 3 aliphatic heterocycles. The van der Waals surface area contributed by atoms with Crippen LogP contribution in [0.4, 0.5) is 0 Å². The monoisotopic (exact) mass is 664 g/mol. The van der Waals surface area contributed by atoms with Crippen LogP contribution in [0.5, 0.6) is 23.0 Å². The Balaban J connectivity index is 1.10. The molecule has 3 aromatic rings. The van der Waals surface area contributed by atoms with Gasteiger partial charge in [-0.1, -0.05) is 42.5 Å². The summed E-state index contributed by atoms with van der Waals surface area (Å²) in [6.07, 6.45) is -4.90. The highest BCUT2D eigenvalue weighted by atomic mass is 16.7. The van der Waals surface area contributed by atoms with E-state index in [2.05, 4.69) is 0 Å². The topological polar surface area (TPSA) is 152 Å². The second kappa shape index (κ2) is 14.9. The fourth-order valence-corrected chi connectivity index (χ4v) is 6.44. The van der Waals surface area contributed by atoms with Gasteiger partial charge in [-0.15, -0.1) is 0 Å². The molecule has 0 unspecified atom stereocenters. The molecular weight excluding hydrogens is 624 g/mol. The molecule has 0 radical (unpaired) electrons. The first kappa shape index (κ1) is 33.7. The number of aliphatic hydroxyl groups excluding tert-OH is 3. The maximum atomic E-state index is 12.3. The molecule has 0 aromatic heterocycles. The summed E-state index contributed by atoms with van der Waals surface area (Å²) >= 11 is 0. The first-order valence-corrected chi connectivity index (χ1v) is 15.7. The van der Waals surface area contributed by atoms with Crippen LogP contribution in [0.1, 0.15) is 28.9 Å². The van der Waals surface area contributed by atoms with E-state index in [-0.39, 0.29) is 36.4 Å². The van der Waals surface area contributed by atoms with Crippen LogP contribution < -0.4 is 18.9 Å². The van der Waals surface area contributed by atoms with Crippen LogP contribution in [0.2, 0.25) is 0 Å². The summed E-state index contributed by atoms with van der Waals surface area (Å²) in [4.78, 5) is 12.3. The maximum Gasteiger partial charge on any atom is 0.330 e. The molecule has 0 saturated carbocycles. The summed E-state index contributed by atoms with van der Waals surface area (Å²) in [5, 5.41) is 31.8. The molecule has 3 N–H and O–H groups in total. The number of aliphatic hydroxyl groups is 3. The predicted octanol–water partition coefficient (Wildman–Crippen LogP) is 3.23. The van der Waals surface area contributed by atoms with Crippen molar-refractivity contribution < 1.29 is 58.0 Å². The Bertz CT molecular complexity index is 1580. The smallest absolute Gasteiger partial charge is 0.330 e. The van der Waals surface area contributed by atoms with Gasteiger partial charge >= 0.3 is 5.97 Å². The lowest BCUT2D eigenvalue weighted by Gasteiger charge is -2.40. The van der Waals surface area contributed by atoms with Gasteiger partial charge in [0.15, 0.2) is 23.0 Å². The fraction of sp³-hybridized carbons (Fsp3) is 0.417. The zero-order chi connectivity index (χ0) is 33.8. The molecule has 12 nitrogen and oxygen atoms in total. The van der Waals surface area contributed by atoms with Gasteiger partial charge in [0.2, 0.25) is 6.29 Å². The van der Waals surface area contributed by atoms with Crippen molar-refractivity contribution in [2.24, 2.45) is 11.8 Å². The quantitative estimate of drug-likeness (QED) is 0.204.